The van der Waals surface area contributed by atoms with Gasteiger partial charge in [-0.15, -0.1) is 5.10 Å². The van der Waals surface area contributed by atoms with Crippen LogP contribution in [0.1, 0.15) is 53.1 Å². The molecule has 1 N–H and O–H groups in total. The SMILES string of the molecule is CC(CF)[C@@H](c1cccc(C#N)c1F)C1CCN1[C@@H](c1ccc(C#N)cc1)c1cccc(-c2n[nH]c(=O)o2)c1. The van der Waals surface area contributed by atoms with E-state index in [1.54, 1.807) is 37.3 Å². The molecule has 4 aromatic rings. The van der Waals surface area contributed by atoms with E-state index in [4.69, 9.17) is 4.42 Å². The maximum absolute atomic E-state index is 15.4. The second-order valence-corrected chi connectivity index (χ2v) is 9.75. The van der Waals surface area contributed by atoms with Gasteiger partial charge in [0.1, 0.15) is 11.9 Å². The van der Waals surface area contributed by atoms with Gasteiger partial charge in [0.05, 0.1) is 29.9 Å². The third-order valence-corrected chi connectivity index (χ3v) is 7.46. The predicted molar refractivity (Wildman–Crippen MR) is 140 cm³/mol. The summed E-state index contributed by atoms with van der Waals surface area (Å²) in [5.74, 6) is -2.10. The third kappa shape index (κ3) is 4.97. The number of halogens is 2. The molecule has 0 spiro atoms. The average molecular weight is 526 g/mol. The number of nitrogens with zero attached hydrogens (tertiary/aromatic N) is 4. The number of likely N-dealkylation sites (tertiary alicyclic amines) is 1. The molecule has 3 aromatic carbocycles. The molecule has 1 fully saturated rings. The lowest BCUT2D eigenvalue weighted by molar-refractivity contribution is 0.0213. The summed E-state index contributed by atoms with van der Waals surface area (Å²) in [5, 5.41) is 24.9. The number of aromatic amines is 1. The van der Waals surface area contributed by atoms with Crippen LogP contribution in [0.25, 0.3) is 11.5 Å². The van der Waals surface area contributed by atoms with Gasteiger partial charge in [-0.25, -0.2) is 14.3 Å². The minimum atomic E-state index is -0.661. The monoisotopic (exact) mass is 525 g/mol. The Morgan fingerprint density at radius 1 is 1.10 bits per heavy atom. The number of hydrogen-bond acceptors (Lipinski definition) is 6. The molecule has 7 nitrogen and oxygen atoms in total. The first kappa shape index (κ1) is 26.0. The van der Waals surface area contributed by atoms with Gasteiger partial charge >= 0.3 is 5.76 Å². The summed E-state index contributed by atoms with van der Waals surface area (Å²) in [4.78, 5) is 13.8. The number of benzene rings is 3. The summed E-state index contributed by atoms with van der Waals surface area (Å²) in [5.41, 5.74) is 3.15. The Kier molecular flexibility index (Phi) is 7.36. The molecule has 1 saturated heterocycles. The fourth-order valence-electron chi connectivity index (χ4n) is 5.53. The number of nitrogens with one attached hydrogen (secondary N) is 1. The van der Waals surface area contributed by atoms with Crippen molar-refractivity contribution in [2.24, 2.45) is 5.92 Å². The average Bonchev–Trinajstić information content (AvgIpc) is 3.40. The molecule has 1 aliphatic rings. The van der Waals surface area contributed by atoms with Gasteiger partial charge < -0.3 is 4.42 Å². The molecule has 0 amide bonds. The van der Waals surface area contributed by atoms with Crippen molar-refractivity contribution in [3.05, 3.63) is 111 Å². The van der Waals surface area contributed by atoms with Crippen molar-refractivity contribution in [1.29, 1.82) is 10.5 Å². The topological polar surface area (TPSA) is 110 Å². The smallest absolute Gasteiger partial charge is 0.388 e. The van der Waals surface area contributed by atoms with Gasteiger partial charge in [0, 0.05) is 24.1 Å². The molecule has 0 aliphatic carbocycles. The number of hydrogen-bond donors (Lipinski definition) is 1. The molecule has 0 saturated carbocycles. The van der Waals surface area contributed by atoms with Crippen LogP contribution in [-0.2, 0) is 0 Å². The largest absolute Gasteiger partial charge is 0.434 e. The minimum Gasteiger partial charge on any atom is -0.388 e. The fourth-order valence-corrected chi connectivity index (χ4v) is 5.53. The highest BCUT2D eigenvalue weighted by atomic mass is 19.1. The highest BCUT2D eigenvalue weighted by Crippen LogP contribution is 2.45. The molecule has 39 heavy (non-hydrogen) atoms. The van der Waals surface area contributed by atoms with E-state index in [1.807, 2.05) is 36.4 Å². The zero-order valence-corrected chi connectivity index (χ0v) is 21.1. The van der Waals surface area contributed by atoms with Crippen molar-refractivity contribution < 1.29 is 13.2 Å². The maximum Gasteiger partial charge on any atom is 0.434 e. The van der Waals surface area contributed by atoms with Crippen LogP contribution in [0.3, 0.4) is 0 Å². The summed E-state index contributed by atoms with van der Waals surface area (Å²) in [6.45, 7) is 1.79. The zero-order chi connectivity index (χ0) is 27.5. The van der Waals surface area contributed by atoms with Gasteiger partial charge in [-0.1, -0.05) is 43.3 Å². The summed E-state index contributed by atoms with van der Waals surface area (Å²) in [6, 6.07) is 22.9. The molecule has 4 atom stereocenters. The number of rotatable bonds is 8. The van der Waals surface area contributed by atoms with E-state index in [0.29, 0.717) is 29.7 Å². The Balaban J connectivity index is 1.60. The van der Waals surface area contributed by atoms with Crippen molar-refractivity contribution in [3.63, 3.8) is 0 Å². The Bertz CT molecular complexity index is 1620. The molecule has 0 radical (unpaired) electrons. The van der Waals surface area contributed by atoms with Gasteiger partial charge in [-0.05, 0) is 59.4 Å². The fraction of sp³-hybridized carbons (Fsp3) is 0.267. The van der Waals surface area contributed by atoms with Gasteiger partial charge in [0.2, 0.25) is 5.89 Å². The summed E-state index contributed by atoms with van der Waals surface area (Å²) >= 11 is 0. The molecule has 0 bridgehead atoms. The number of alkyl halides is 1. The Morgan fingerprint density at radius 3 is 2.49 bits per heavy atom. The molecule has 2 unspecified atom stereocenters. The second-order valence-electron chi connectivity index (χ2n) is 9.75. The Morgan fingerprint density at radius 2 is 1.87 bits per heavy atom. The summed E-state index contributed by atoms with van der Waals surface area (Å²) < 4.78 is 34.7. The molecule has 1 aromatic heterocycles. The lowest BCUT2D eigenvalue weighted by Gasteiger charge is -2.51. The van der Waals surface area contributed by atoms with Crippen LogP contribution in [0.15, 0.2) is 75.9 Å². The van der Waals surface area contributed by atoms with Gasteiger partial charge in [0.25, 0.3) is 0 Å². The van der Waals surface area contributed by atoms with Crippen LogP contribution in [0, 0.1) is 34.4 Å². The number of nitriles is 2. The van der Waals surface area contributed by atoms with E-state index in [0.717, 1.165) is 11.1 Å². The highest BCUT2D eigenvalue weighted by Gasteiger charge is 2.43. The second kappa shape index (κ2) is 11.0. The lowest BCUT2D eigenvalue weighted by atomic mass is 9.74. The molecule has 2 heterocycles. The Labute approximate surface area is 223 Å². The van der Waals surface area contributed by atoms with Crippen LogP contribution in [-0.4, -0.2) is 34.4 Å². The van der Waals surface area contributed by atoms with Gasteiger partial charge in [0.15, 0.2) is 0 Å². The number of H-pyrrole nitrogens is 1. The van der Waals surface area contributed by atoms with Crippen molar-refractivity contribution >= 4 is 0 Å². The Hall–Kier alpha value is -4.60. The maximum atomic E-state index is 15.4. The first-order chi connectivity index (χ1) is 18.9. The summed E-state index contributed by atoms with van der Waals surface area (Å²) in [7, 11) is 0. The quantitative estimate of drug-likeness (QED) is 0.327. The predicted octanol–water partition coefficient (Wildman–Crippen LogP) is 5.47. The molecular formula is C30H25F2N5O2. The van der Waals surface area contributed by atoms with Crippen LogP contribution in [0.4, 0.5) is 8.78 Å². The normalized spacial score (nSPS) is 17.4. The van der Waals surface area contributed by atoms with Gasteiger partial charge in [-0.2, -0.15) is 10.5 Å². The highest BCUT2D eigenvalue weighted by molar-refractivity contribution is 5.55. The minimum absolute atomic E-state index is 0.0636. The summed E-state index contributed by atoms with van der Waals surface area (Å²) in [6.07, 6.45) is 0.714. The number of aromatic nitrogens is 2. The van der Waals surface area contributed by atoms with Gasteiger partial charge in [-0.3, -0.25) is 9.29 Å². The standard InChI is InChI=1S/C30H25F2N5O2/c1-18(15-31)26(24-7-3-6-23(17-34)27(24)32)25-12-13-37(25)28(20-10-8-19(16-33)9-11-20)21-4-2-5-22(14-21)29-35-36-30(38)39-29/h2-11,14,18,25-26,28H,12-13,15H2,1H3,(H,36,38)/t18?,25?,26-,28-/m0/s1. The molecule has 5 rings (SSSR count). The van der Waals surface area contributed by atoms with Crippen LogP contribution < -0.4 is 5.76 Å². The van der Waals surface area contributed by atoms with E-state index in [-0.39, 0.29) is 23.5 Å². The first-order valence-electron chi connectivity index (χ1n) is 12.6. The van der Waals surface area contributed by atoms with E-state index in [9.17, 15) is 19.7 Å². The van der Waals surface area contributed by atoms with E-state index < -0.39 is 30.1 Å². The van der Waals surface area contributed by atoms with E-state index >= 15 is 4.39 Å². The lowest BCUT2D eigenvalue weighted by Crippen LogP contribution is -2.54. The zero-order valence-electron chi connectivity index (χ0n) is 21.1. The van der Waals surface area contributed by atoms with Crippen molar-refractivity contribution in [1.82, 2.24) is 15.1 Å². The first-order valence-corrected chi connectivity index (χ1v) is 12.6. The van der Waals surface area contributed by atoms with Crippen molar-refractivity contribution in [3.8, 4) is 23.6 Å². The molecular weight excluding hydrogens is 500 g/mol. The van der Waals surface area contributed by atoms with Crippen LogP contribution >= 0.6 is 0 Å². The molecule has 9 heteroatoms. The van der Waals surface area contributed by atoms with Crippen LogP contribution in [0.5, 0.6) is 0 Å². The van der Waals surface area contributed by atoms with Crippen molar-refractivity contribution in [2.45, 2.75) is 31.3 Å². The van der Waals surface area contributed by atoms with E-state index in [2.05, 4.69) is 21.2 Å². The third-order valence-electron chi connectivity index (χ3n) is 7.46. The molecule has 1 aliphatic heterocycles. The van der Waals surface area contributed by atoms with E-state index in [1.165, 1.54) is 6.07 Å². The van der Waals surface area contributed by atoms with Crippen molar-refractivity contribution in [2.75, 3.05) is 13.2 Å². The van der Waals surface area contributed by atoms with Crippen LogP contribution in [0.2, 0.25) is 0 Å². The molecule has 196 valence electrons.